The molecule has 1 heterocycles. The maximum absolute atomic E-state index is 12.6. The van der Waals surface area contributed by atoms with Gasteiger partial charge >= 0.3 is 0 Å². The number of carbonyl (C=O) groups is 1. The van der Waals surface area contributed by atoms with E-state index in [9.17, 15) is 4.79 Å². The zero-order valence-corrected chi connectivity index (χ0v) is 13.2. The Morgan fingerprint density at radius 3 is 2.75 bits per heavy atom. The van der Waals surface area contributed by atoms with Crippen LogP contribution < -0.4 is 5.32 Å². The van der Waals surface area contributed by atoms with Crippen molar-refractivity contribution in [2.24, 2.45) is 0 Å². The SMILES string of the molecule is O=C(N[C@H]1CCCc2ccccc21)c1ccc(-n2cncn2)cc1. The largest absolute Gasteiger partial charge is 0.345 e. The van der Waals surface area contributed by atoms with Crippen molar-refractivity contribution in [3.63, 3.8) is 0 Å². The summed E-state index contributed by atoms with van der Waals surface area (Å²) in [4.78, 5) is 16.5. The highest BCUT2D eigenvalue weighted by Gasteiger charge is 2.21. The van der Waals surface area contributed by atoms with Crippen molar-refractivity contribution in [2.75, 3.05) is 0 Å². The molecular formula is C19H18N4O. The lowest BCUT2D eigenvalue weighted by molar-refractivity contribution is 0.0933. The Kier molecular flexibility index (Phi) is 3.83. The van der Waals surface area contributed by atoms with Crippen molar-refractivity contribution in [3.8, 4) is 5.69 Å². The van der Waals surface area contributed by atoms with E-state index < -0.39 is 0 Å². The van der Waals surface area contributed by atoms with Crippen LogP contribution in [-0.2, 0) is 6.42 Å². The van der Waals surface area contributed by atoms with Crippen LogP contribution in [0.2, 0.25) is 0 Å². The first-order valence-electron chi connectivity index (χ1n) is 8.15. The van der Waals surface area contributed by atoms with Crippen LogP contribution in [0.4, 0.5) is 0 Å². The average Bonchev–Trinajstić information content (AvgIpc) is 3.17. The third-order valence-electron chi connectivity index (χ3n) is 4.49. The maximum atomic E-state index is 12.6. The molecule has 3 aromatic rings. The lowest BCUT2D eigenvalue weighted by Gasteiger charge is -2.26. The van der Waals surface area contributed by atoms with E-state index in [-0.39, 0.29) is 11.9 Å². The number of hydrogen-bond acceptors (Lipinski definition) is 3. The average molecular weight is 318 g/mol. The molecule has 0 saturated heterocycles. The molecule has 0 aliphatic heterocycles. The van der Waals surface area contributed by atoms with Crippen molar-refractivity contribution in [2.45, 2.75) is 25.3 Å². The van der Waals surface area contributed by atoms with Gasteiger partial charge in [-0.1, -0.05) is 24.3 Å². The van der Waals surface area contributed by atoms with Gasteiger partial charge in [0.05, 0.1) is 11.7 Å². The maximum Gasteiger partial charge on any atom is 0.251 e. The first-order chi connectivity index (χ1) is 11.8. The van der Waals surface area contributed by atoms with Gasteiger partial charge in [-0.25, -0.2) is 9.67 Å². The van der Waals surface area contributed by atoms with Gasteiger partial charge in [-0.2, -0.15) is 5.10 Å². The Morgan fingerprint density at radius 2 is 1.96 bits per heavy atom. The molecule has 1 N–H and O–H groups in total. The molecule has 1 aliphatic carbocycles. The molecule has 0 fully saturated rings. The van der Waals surface area contributed by atoms with Gasteiger partial charge in [-0.05, 0) is 54.7 Å². The van der Waals surface area contributed by atoms with E-state index in [1.807, 2.05) is 30.3 Å². The van der Waals surface area contributed by atoms with Gasteiger partial charge in [0.2, 0.25) is 0 Å². The van der Waals surface area contributed by atoms with E-state index in [0.29, 0.717) is 5.56 Å². The van der Waals surface area contributed by atoms with E-state index in [1.165, 1.54) is 17.5 Å². The third kappa shape index (κ3) is 2.80. The van der Waals surface area contributed by atoms with Gasteiger partial charge in [-0.3, -0.25) is 4.79 Å². The molecule has 4 rings (SSSR count). The Morgan fingerprint density at radius 1 is 1.12 bits per heavy atom. The van der Waals surface area contributed by atoms with Crippen molar-refractivity contribution >= 4 is 5.91 Å². The summed E-state index contributed by atoms with van der Waals surface area (Å²) in [5.74, 6) is -0.0400. The second-order valence-corrected chi connectivity index (χ2v) is 6.00. The van der Waals surface area contributed by atoms with Crippen LogP contribution in [0.15, 0.2) is 61.2 Å². The monoisotopic (exact) mass is 318 g/mol. The van der Waals surface area contributed by atoms with E-state index in [1.54, 1.807) is 11.0 Å². The standard InChI is InChI=1S/C19H18N4O/c24-19(15-8-10-16(11-9-15)23-13-20-12-21-23)22-18-7-3-5-14-4-1-2-6-17(14)18/h1-2,4,6,8-13,18H,3,5,7H2,(H,22,24)/t18-/m0/s1. The summed E-state index contributed by atoms with van der Waals surface area (Å²) in [5, 5.41) is 7.26. The number of nitrogens with zero attached hydrogens (tertiary/aromatic N) is 3. The minimum Gasteiger partial charge on any atom is -0.345 e. The fourth-order valence-corrected chi connectivity index (χ4v) is 3.25. The van der Waals surface area contributed by atoms with Crippen molar-refractivity contribution in [1.82, 2.24) is 20.1 Å². The highest BCUT2D eigenvalue weighted by Crippen LogP contribution is 2.29. The normalized spacial score (nSPS) is 16.4. The smallest absolute Gasteiger partial charge is 0.251 e. The molecule has 0 saturated carbocycles. The molecular weight excluding hydrogens is 300 g/mol. The first kappa shape index (κ1) is 14.6. The van der Waals surface area contributed by atoms with Crippen LogP contribution in [0.3, 0.4) is 0 Å². The fourth-order valence-electron chi connectivity index (χ4n) is 3.25. The molecule has 1 atom stereocenters. The summed E-state index contributed by atoms with van der Waals surface area (Å²) in [5.41, 5.74) is 4.13. The zero-order chi connectivity index (χ0) is 16.4. The molecule has 5 nitrogen and oxygen atoms in total. The van der Waals surface area contributed by atoms with E-state index in [2.05, 4.69) is 33.6 Å². The van der Waals surface area contributed by atoms with Crippen molar-refractivity contribution < 1.29 is 4.79 Å². The summed E-state index contributed by atoms with van der Waals surface area (Å²) >= 11 is 0. The number of aromatic nitrogens is 3. The molecule has 5 heteroatoms. The van der Waals surface area contributed by atoms with Gasteiger partial charge in [0.1, 0.15) is 12.7 Å². The summed E-state index contributed by atoms with van der Waals surface area (Å²) < 4.78 is 1.67. The second-order valence-electron chi connectivity index (χ2n) is 6.00. The quantitative estimate of drug-likeness (QED) is 0.807. The van der Waals surface area contributed by atoms with Crippen LogP contribution in [0.1, 0.15) is 40.4 Å². The van der Waals surface area contributed by atoms with Crippen LogP contribution in [0, 0.1) is 0 Å². The molecule has 1 amide bonds. The van der Waals surface area contributed by atoms with Gasteiger partial charge in [-0.15, -0.1) is 0 Å². The zero-order valence-electron chi connectivity index (χ0n) is 13.2. The molecule has 0 radical (unpaired) electrons. The molecule has 24 heavy (non-hydrogen) atoms. The lowest BCUT2D eigenvalue weighted by atomic mass is 9.87. The van der Waals surface area contributed by atoms with E-state index in [4.69, 9.17) is 0 Å². The van der Waals surface area contributed by atoms with E-state index in [0.717, 1.165) is 24.9 Å². The lowest BCUT2D eigenvalue weighted by Crippen LogP contribution is -2.30. The number of fused-ring (bicyclic) bond motifs is 1. The minimum atomic E-state index is -0.0400. The topological polar surface area (TPSA) is 59.8 Å². The highest BCUT2D eigenvalue weighted by atomic mass is 16.1. The van der Waals surface area contributed by atoms with Gasteiger partial charge in [0, 0.05) is 5.56 Å². The van der Waals surface area contributed by atoms with Crippen LogP contribution in [0.25, 0.3) is 5.69 Å². The Hall–Kier alpha value is -2.95. The number of amides is 1. The van der Waals surface area contributed by atoms with Gasteiger partial charge in [0.25, 0.3) is 5.91 Å². The molecule has 0 unspecified atom stereocenters. The first-order valence-corrected chi connectivity index (χ1v) is 8.15. The number of nitrogens with one attached hydrogen (secondary N) is 1. The summed E-state index contributed by atoms with van der Waals surface area (Å²) in [6.45, 7) is 0. The summed E-state index contributed by atoms with van der Waals surface area (Å²) in [7, 11) is 0. The van der Waals surface area contributed by atoms with Crippen LogP contribution in [0.5, 0.6) is 0 Å². The van der Waals surface area contributed by atoms with Crippen LogP contribution >= 0.6 is 0 Å². The molecule has 0 bridgehead atoms. The third-order valence-corrected chi connectivity index (χ3v) is 4.49. The predicted octanol–water partition coefficient (Wildman–Crippen LogP) is 3.07. The number of benzene rings is 2. The number of carbonyl (C=O) groups excluding carboxylic acids is 1. The molecule has 120 valence electrons. The number of hydrogen-bond donors (Lipinski definition) is 1. The fraction of sp³-hybridized carbons (Fsp3) is 0.211. The summed E-state index contributed by atoms with van der Waals surface area (Å²) in [6, 6.07) is 15.9. The van der Waals surface area contributed by atoms with Crippen molar-refractivity contribution in [3.05, 3.63) is 77.9 Å². The Bertz CT molecular complexity index is 840. The van der Waals surface area contributed by atoms with Gasteiger partial charge in [0.15, 0.2) is 0 Å². The van der Waals surface area contributed by atoms with E-state index >= 15 is 0 Å². The predicted molar refractivity (Wildman–Crippen MR) is 90.9 cm³/mol. The molecule has 1 aliphatic rings. The van der Waals surface area contributed by atoms with Crippen LogP contribution in [-0.4, -0.2) is 20.7 Å². The number of aryl methyl sites for hydroxylation is 1. The molecule has 1 aromatic heterocycles. The molecule has 0 spiro atoms. The summed E-state index contributed by atoms with van der Waals surface area (Å²) in [6.07, 6.45) is 6.30. The number of rotatable bonds is 3. The van der Waals surface area contributed by atoms with Crippen molar-refractivity contribution in [1.29, 1.82) is 0 Å². The molecule has 2 aromatic carbocycles. The van der Waals surface area contributed by atoms with Gasteiger partial charge < -0.3 is 5.32 Å². The highest BCUT2D eigenvalue weighted by molar-refractivity contribution is 5.94. The Labute approximate surface area is 140 Å². The Balaban J connectivity index is 1.51. The minimum absolute atomic E-state index is 0.0400. The second kappa shape index (κ2) is 6.28.